The number of hydrogen-bond acceptors (Lipinski definition) is 3. The molecule has 0 saturated heterocycles. The van der Waals surface area contributed by atoms with Crippen molar-refractivity contribution in [3.8, 4) is 0 Å². The molecule has 0 fully saturated rings. The monoisotopic (exact) mass is 199 g/mol. The van der Waals surface area contributed by atoms with Gasteiger partial charge in [0, 0.05) is 5.38 Å². The second kappa shape index (κ2) is 5.35. The van der Waals surface area contributed by atoms with E-state index >= 15 is 0 Å². The summed E-state index contributed by atoms with van der Waals surface area (Å²) in [6.07, 6.45) is 2.46. The topological polar surface area (TPSA) is 33.1 Å². The van der Waals surface area contributed by atoms with Crippen molar-refractivity contribution in [1.29, 1.82) is 0 Å². The van der Waals surface area contributed by atoms with Gasteiger partial charge in [0.15, 0.2) is 0 Å². The summed E-state index contributed by atoms with van der Waals surface area (Å²) in [4.78, 5) is 4.17. The lowest BCUT2D eigenvalue weighted by atomic mass is 10.0. The van der Waals surface area contributed by atoms with E-state index in [9.17, 15) is 5.11 Å². The molecule has 1 atom stereocenters. The zero-order valence-corrected chi connectivity index (χ0v) is 9.05. The van der Waals surface area contributed by atoms with Gasteiger partial charge in [0.25, 0.3) is 0 Å². The molecule has 2 nitrogen and oxygen atoms in total. The van der Waals surface area contributed by atoms with E-state index in [2.05, 4.69) is 18.8 Å². The van der Waals surface area contributed by atoms with Crippen molar-refractivity contribution in [3.05, 3.63) is 16.6 Å². The molecular weight excluding hydrogens is 182 g/mol. The van der Waals surface area contributed by atoms with Crippen molar-refractivity contribution in [1.82, 2.24) is 4.98 Å². The molecule has 1 heterocycles. The maximum absolute atomic E-state index is 9.59. The van der Waals surface area contributed by atoms with E-state index in [1.54, 1.807) is 11.3 Å². The van der Waals surface area contributed by atoms with Crippen molar-refractivity contribution >= 4 is 11.3 Å². The fourth-order valence-corrected chi connectivity index (χ4v) is 1.93. The SMILES string of the molecule is CC(C)CC(O)CCc1cscn1. The van der Waals surface area contributed by atoms with Crippen LogP contribution in [0, 0.1) is 5.92 Å². The first-order valence-electron chi connectivity index (χ1n) is 4.73. The first-order valence-corrected chi connectivity index (χ1v) is 5.68. The predicted octanol–water partition coefficient (Wildman–Crippen LogP) is 2.48. The van der Waals surface area contributed by atoms with Gasteiger partial charge in [0.2, 0.25) is 0 Å². The Labute approximate surface area is 83.6 Å². The predicted molar refractivity (Wildman–Crippen MR) is 55.9 cm³/mol. The minimum absolute atomic E-state index is 0.165. The van der Waals surface area contributed by atoms with Crippen LogP contribution in [0.1, 0.15) is 32.4 Å². The fraction of sp³-hybridized carbons (Fsp3) is 0.700. The number of nitrogens with zero attached hydrogens (tertiary/aromatic N) is 1. The van der Waals surface area contributed by atoms with Crippen LogP contribution in [-0.4, -0.2) is 16.2 Å². The summed E-state index contributed by atoms with van der Waals surface area (Å²) in [6.45, 7) is 4.26. The van der Waals surface area contributed by atoms with Crippen LogP contribution in [0.25, 0.3) is 0 Å². The van der Waals surface area contributed by atoms with E-state index in [4.69, 9.17) is 0 Å². The van der Waals surface area contributed by atoms with Crippen molar-refractivity contribution in [2.75, 3.05) is 0 Å². The van der Waals surface area contributed by atoms with E-state index in [1.165, 1.54) is 0 Å². The Morgan fingerprint density at radius 3 is 2.85 bits per heavy atom. The summed E-state index contributed by atoms with van der Waals surface area (Å²) in [5, 5.41) is 11.6. The van der Waals surface area contributed by atoms with Crippen LogP contribution in [-0.2, 0) is 6.42 Å². The Hall–Kier alpha value is -0.410. The molecule has 0 aliphatic heterocycles. The quantitative estimate of drug-likeness (QED) is 0.790. The molecule has 0 saturated carbocycles. The molecule has 13 heavy (non-hydrogen) atoms. The largest absolute Gasteiger partial charge is 0.393 e. The first kappa shape index (κ1) is 10.7. The lowest BCUT2D eigenvalue weighted by Gasteiger charge is -2.11. The molecule has 0 aliphatic carbocycles. The van der Waals surface area contributed by atoms with Gasteiger partial charge in [0.1, 0.15) is 0 Å². The minimum atomic E-state index is -0.165. The molecule has 1 aromatic rings. The summed E-state index contributed by atoms with van der Waals surface area (Å²) < 4.78 is 0. The lowest BCUT2D eigenvalue weighted by molar-refractivity contribution is 0.139. The van der Waals surface area contributed by atoms with E-state index in [0.717, 1.165) is 25.0 Å². The summed E-state index contributed by atoms with van der Waals surface area (Å²) in [5.41, 5.74) is 2.94. The van der Waals surface area contributed by atoms with Crippen LogP contribution < -0.4 is 0 Å². The van der Waals surface area contributed by atoms with Crippen molar-refractivity contribution in [3.63, 3.8) is 0 Å². The highest BCUT2D eigenvalue weighted by atomic mass is 32.1. The van der Waals surface area contributed by atoms with Gasteiger partial charge in [-0.15, -0.1) is 11.3 Å². The summed E-state index contributed by atoms with van der Waals surface area (Å²) in [6, 6.07) is 0. The summed E-state index contributed by atoms with van der Waals surface area (Å²) in [7, 11) is 0. The van der Waals surface area contributed by atoms with Crippen molar-refractivity contribution in [2.24, 2.45) is 5.92 Å². The third-order valence-electron chi connectivity index (χ3n) is 1.96. The summed E-state index contributed by atoms with van der Waals surface area (Å²) in [5.74, 6) is 0.574. The van der Waals surface area contributed by atoms with E-state index < -0.39 is 0 Å². The smallest absolute Gasteiger partial charge is 0.0794 e. The number of rotatable bonds is 5. The molecule has 0 aliphatic rings. The van der Waals surface area contributed by atoms with Gasteiger partial charge >= 0.3 is 0 Å². The van der Waals surface area contributed by atoms with Crippen molar-refractivity contribution in [2.45, 2.75) is 39.2 Å². The number of aliphatic hydroxyl groups is 1. The molecule has 1 unspecified atom stereocenters. The molecule has 0 spiro atoms. The highest BCUT2D eigenvalue weighted by Crippen LogP contribution is 2.11. The van der Waals surface area contributed by atoms with Gasteiger partial charge in [-0.25, -0.2) is 4.98 Å². The molecule has 0 radical (unpaired) electrons. The maximum Gasteiger partial charge on any atom is 0.0794 e. The number of hydrogen-bond donors (Lipinski definition) is 1. The summed E-state index contributed by atoms with van der Waals surface area (Å²) >= 11 is 1.61. The van der Waals surface area contributed by atoms with E-state index in [0.29, 0.717) is 5.92 Å². The molecule has 1 aromatic heterocycles. The molecule has 74 valence electrons. The highest BCUT2D eigenvalue weighted by molar-refractivity contribution is 7.07. The average molecular weight is 199 g/mol. The van der Waals surface area contributed by atoms with Crippen LogP contribution in [0.2, 0.25) is 0 Å². The second-order valence-corrected chi connectivity index (χ2v) is 4.52. The van der Waals surface area contributed by atoms with Gasteiger partial charge in [-0.2, -0.15) is 0 Å². The molecule has 3 heteroatoms. The van der Waals surface area contributed by atoms with Crippen molar-refractivity contribution < 1.29 is 5.11 Å². The van der Waals surface area contributed by atoms with Crippen LogP contribution in [0.4, 0.5) is 0 Å². The van der Waals surface area contributed by atoms with Gasteiger partial charge in [-0.1, -0.05) is 13.8 Å². The highest BCUT2D eigenvalue weighted by Gasteiger charge is 2.07. The fourth-order valence-electron chi connectivity index (χ4n) is 1.34. The molecule has 1 N–H and O–H groups in total. The Morgan fingerprint density at radius 2 is 2.31 bits per heavy atom. The standard InChI is InChI=1S/C10H17NOS/c1-8(2)5-10(12)4-3-9-6-13-7-11-9/h6-8,10,12H,3-5H2,1-2H3. The van der Waals surface area contributed by atoms with Gasteiger partial charge in [-0.3, -0.25) is 0 Å². The molecule has 0 amide bonds. The lowest BCUT2D eigenvalue weighted by Crippen LogP contribution is -2.11. The second-order valence-electron chi connectivity index (χ2n) is 3.80. The zero-order chi connectivity index (χ0) is 9.68. The van der Waals surface area contributed by atoms with E-state index in [1.807, 2.05) is 10.9 Å². The Bertz CT molecular complexity index is 221. The van der Waals surface area contributed by atoms with Crippen LogP contribution >= 0.6 is 11.3 Å². The van der Waals surface area contributed by atoms with Gasteiger partial charge in [0.05, 0.1) is 17.3 Å². The van der Waals surface area contributed by atoms with Crippen LogP contribution in [0.15, 0.2) is 10.9 Å². The average Bonchev–Trinajstić information content (AvgIpc) is 2.51. The maximum atomic E-state index is 9.59. The number of aliphatic hydroxyl groups excluding tert-OH is 1. The molecule has 0 aromatic carbocycles. The third-order valence-corrected chi connectivity index (χ3v) is 2.60. The first-order chi connectivity index (χ1) is 6.18. The normalized spacial score (nSPS) is 13.5. The minimum Gasteiger partial charge on any atom is -0.393 e. The third kappa shape index (κ3) is 4.39. The Morgan fingerprint density at radius 1 is 1.54 bits per heavy atom. The molecule has 0 bridgehead atoms. The van der Waals surface area contributed by atoms with Crippen LogP contribution in [0.5, 0.6) is 0 Å². The molecular formula is C10H17NOS. The Kier molecular flexibility index (Phi) is 4.39. The molecule has 1 rings (SSSR count). The number of aryl methyl sites for hydroxylation is 1. The van der Waals surface area contributed by atoms with Crippen LogP contribution in [0.3, 0.4) is 0 Å². The van der Waals surface area contributed by atoms with E-state index in [-0.39, 0.29) is 6.10 Å². The number of thiazole rings is 1. The van der Waals surface area contributed by atoms with Gasteiger partial charge in [-0.05, 0) is 25.2 Å². The Balaban J connectivity index is 2.19. The zero-order valence-electron chi connectivity index (χ0n) is 8.23. The van der Waals surface area contributed by atoms with Gasteiger partial charge < -0.3 is 5.11 Å². The number of aromatic nitrogens is 1.